The summed E-state index contributed by atoms with van der Waals surface area (Å²) in [5.74, 6) is -0.404. The van der Waals surface area contributed by atoms with Crippen LogP contribution >= 0.6 is 23.4 Å². The van der Waals surface area contributed by atoms with Gasteiger partial charge in [-0.15, -0.1) is 11.8 Å². The average molecular weight is 451 g/mol. The first kappa shape index (κ1) is 20.8. The number of carbonyl (C=O) groups excluding carboxylic acids is 2. The smallest absolute Gasteiger partial charge is 0.268 e. The molecule has 0 saturated heterocycles. The number of carbonyl (C=O) groups is 2. The average Bonchev–Trinajstić information content (AvgIpc) is 3.03. The number of anilines is 1. The number of benzene rings is 3. The molecule has 0 fully saturated rings. The van der Waals surface area contributed by atoms with Crippen LogP contribution < -0.4 is 4.90 Å². The van der Waals surface area contributed by atoms with Crippen LogP contribution in [0.4, 0.5) is 11.4 Å². The summed E-state index contributed by atoms with van der Waals surface area (Å²) in [6.45, 7) is 0. The Bertz CT molecular complexity index is 1190. The predicted molar refractivity (Wildman–Crippen MR) is 122 cm³/mol. The van der Waals surface area contributed by atoms with Gasteiger partial charge in [-0.2, -0.15) is 0 Å². The number of hydrogen-bond acceptors (Lipinski definition) is 5. The number of halogens is 1. The summed E-state index contributed by atoms with van der Waals surface area (Å²) in [7, 11) is 0. The zero-order chi connectivity index (χ0) is 22.0. The number of thioether (sulfide) groups is 1. The third-order valence-corrected chi connectivity index (χ3v) is 6.12. The Kier molecular flexibility index (Phi) is 5.88. The van der Waals surface area contributed by atoms with Gasteiger partial charge in [0.1, 0.15) is 0 Å². The van der Waals surface area contributed by atoms with Gasteiger partial charge >= 0.3 is 0 Å². The number of imide groups is 1. The van der Waals surface area contributed by atoms with Gasteiger partial charge in [0.05, 0.1) is 21.1 Å². The highest BCUT2D eigenvalue weighted by Crippen LogP contribution is 2.40. The van der Waals surface area contributed by atoms with Crippen molar-refractivity contribution >= 4 is 52.1 Å². The highest BCUT2D eigenvalue weighted by atomic mass is 35.5. The summed E-state index contributed by atoms with van der Waals surface area (Å²) < 4.78 is 0. The number of non-ortho nitro benzene ring substituents is 1. The van der Waals surface area contributed by atoms with Crippen molar-refractivity contribution in [2.75, 3.05) is 4.90 Å². The van der Waals surface area contributed by atoms with E-state index in [9.17, 15) is 19.7 Å². The summed E-state index contributed by atoms with van der Waals surface area (Å²) in [5, 5.41) is 11.5. The second-order valence-corrected chi connectivity index (χ2v) is 8.13. The van der Waals surface area contributed by atoms with E-state index in [0.29, 0.717) is 26.9 Å². The lowest BCUT2D eigenvalue weighted by Gasteiger charge is -2.15. The maximum Gasteiger partial charge on any atom is 0.272 e. The van der Waals surface area contributed by atoms with Gasteiger partial charge in [0.2, 0.25) is 0 Å². The number of amides is 2. The van der Waals surface area contributed by atoms with Gasteiger partial charge in [-0.1, -0.05) is 41.9 Å². The van der Waals surface area contributed by atoms with Gasteiger partial charge in [0.15, 0.2) is 0 Å². The molecule has 1 aliphatic rings. The molecule has 0 aliphatic carbocycles. The Labute approximate surface area is 187 Å². The summed E-state index contributed by atoms with van der Waals surface area (Å²) in [5.41, 5.74) is 2.02. The Morgan fingerprint density at radius 1 is 0.871 bits per heavy atom. The van der Waals surface area contributed by atoms with Crippen LogP contribution in [-0.4, -0.2) is 16.7 Å². The molecule has 0 unspecified atom stereocenters. The maximum absolute atomic E-state index is 13.3. The van der Waals surface area contributed by atoms with Crippen LogP contribution in [0.3, 0.4) is 0 Å². The van der Waals surface area contributed by atoms with Crippen molar-refractivity contribution < 1.29 is 14.5 Å². The molecule has 0 bridgehead atoms. The third-order valence-electron chi connectivity index (χ3n) is 4.72. The van der Waals surface area contributed by atoms with Crippen molar-refractivity contribution in [2.24, 2.45) is 0 Å². The molecule has 3 aromatic rings. The Balaban J connectivity index is 1.74. The van der Waals surface area contributed by atoms with E-state index in [0.717, 1.165) is 10.5 Å². The van der Waals surface area contributed by atoms with E-state index in [-0.39, 0.29) is 11.3 Å². The van der Waals surface area contributed by atoms with Crippen molar-refractivity contribution in [3.63, 3.8) is 0 Å². The van der Waals surface area contributed by atoms with Crippen LogP contribution in [0.1, 0.15) is 11.1 Å². The minimum Gasteiger partial charge on any atom is -0.268 e. The molecule has 154 valence electrons. The van der Waals surface area contributed by atoms with Crippen molar-refractivity contribution in [1.29, 1.82) is 0 Å². The zero-order valence-electron chi connectivity index (χ0n) is 16.0. The second-order valence-electron chi connectivity index (χ2n) is 6.70. The van der Waals surface area contributed by atoms with Gasteiger partial charge in [0, 0.05) is 22.9 Å². The number of hydrogen-bond donors (Lipinski definition) is 0. The lowest BCUT2D eigenvalue weighted by Crippen LogP contribution is -2.31. The highest BCUT2D eigenvalue weighted by molar-refractivity contribution is 8.03. The van der Waals surface area contributed by atoms with E-state index >= 15 is 0 Å². The van der Waals surface area contributed by atoms with Crippen molar-refractivity contribution in [2.45, 2.75) is 5.75 Å². The Morgan fingerprint density at radius 3 is 2.13 bits per heavy atom. The Morgan fingerprint density at radius 2 is 1.52 bits per heavy atom. The summed E-state index contributed by atoms with van der Waals surface area (Å²) >= 11 is 7.22. The fourth-order valence-corrected chi connectivity index (χ4v) is 4.40. The SMILES string of the molecule is O=C1C(SCc2ccccc2)=C(c2ccc([N+](=O)[O-])cc2)C(=O)N1c1ccc(Cl)cc1. The Hall–Kier alpha value is -3.42. The van der Waals surface area contributed by atoms with Crippen LogP contribution in [0.5, 0.6) is 0 Å². The lowest BCUT2D eigenvalue weighted by atomic mass is 10.1. The first-order chi connectivity index (χ1) is 15.0. The quantitative estimate of drug-likeness (QED) is 0.283. The molecule has 6 nitrogen and oxygen atoms in total. The molecule has 0 radical (unpaired) electrons. The topological polar surface area (TPSA) is 80.5 Å². The van der Waals surface area contributed by atoms with Crippen molar-refractivity contribution in [3.8, 4) is 0 Å². The van der Waals surface area contributed by atoms with E-state index in [1.54, 1.807) is 24.3 Å². The predicted octanol–water partition coefficient (Wildman–Crippen LogP) is 5.47. The third kappa shape index (κ3) is 4.23. The molecule has 0 saturated carbocycles. The zero-order valence-corrected chi connectivity index (χ0v) is 17.6. The number of nitro benzene ring substituents is 1. The first-order valence-corrected chi connectivity index (χ1v) is 10.6. The molecule has 3 aromatic carbocycles. The van der Waals surface area contributed by atoms with Crippen LogP contribution in [-0.2, 0) is 15.3 Å². The number of rotatable bonds is 6. The van der Waals surface area contributed by atoms with Crippen LogP contribution in [0.2, 0.25) is 5.02 Å². The largest absolute Gasteiger partial charge is 0.272 e. The fourth-order valence-electron chi connectivity index (χ4n) is 3.20. The molecule has 8 heteroatoms. The standard InChI is InChI=1S/C23H15ClN2O4S/c24-17-8-12-18(13-9-17)25-22(27)20(16-6-10-19(11-7-16)26(29)30)21(23(25)28)31-14-15-4-2-1-3-5-15/h1-13H,14H2. The molecule has 1 aliphatic heterocycles. The second kappa shape index (κ2) is 8.75. The van der Waals surface area contributed by atoms with Gasteiger partial charge in [-0.25, -0.2) is 4.90 Å². The molecule has 4 rings (SSSR count). The normalized spacial score (nSPS) is 13.8. The lowest BCUT2D eigenvalue weighted by molar-refractivity contribution is -0.384. The fraction of sp³-hybridized carbons (Fsp3) is 0.0435. The highest BCUT2D eigenvalue weighted by Gasteiger charge is 2.40. The van der Waals surface area contributed by atoms with Gasteiger partial charge < -0.3 is 0 Å². The minimum atomic E-state index is -0.509. The van der Waals surface area contributed by atoms with Crippen molar-refractivity contribution in [3.05, 3.63) is 110 Å². The molecular formula is C23H15ClN2O4S. The monoisotopic (exact) mass is 450 g/mol. The van der Waals surface area contributed by atoms with E-state index in [2.05, 4.69) is 0 Å². The maximum atomic E-state index is 13.3. The molecule has 0 aromatic heterocycles. The molecule has 31 heavy (non-hydrogen) atoms. The van der Waals surface area contributed by atoms with E-state index in [1.807, 2.05) is 30.3 Å². The van der Waals surface area contributed by atoms with Gasteiger partial charge in [0.25, 0.3) is 17.5 Å². The molecule has 0 N–H and O–H groups in total. The molecule has 0 atom stereocenters. The number of nitro groups is 1. The molecular weight excluding hydrogens is 436 g/mol. The van der Waals surface area contributed by atoms with Crippen LogP contribution in [0.15, 0.2) is 83.8 Å². The van der Waals surface area contributed by atoms with E-state index < -0.39 is 16.7 Å². The first-order valence-electron chi connectivity index (χ1n) is 9.26. The number of nitrogens with zero attached hydrogens (tertiary/aromatic N) is 2. The van der Waals surface area contributed by atoms with Crippen LogP contribution in [0.25, 0.3) is 5.57 Å². The van der Waals surface area contributed by atoms with E-state index in [1.165, 1.54) is 36.0 Å². The molecule has 2 amide bonds. The summed E-state index contributed by atoms with van der Waals surface area (Å²) in [6.07, 6.45) is 0. The molecule has 1 heterocycles. The minimum absolute atomic E-state index is 0.0887. The van der Waals surface area contributed by atoms with Crippen LogP contribution in [0, 0.1) is 10.1 Å². The van der Waals surface area contributed by atoms with E-state index in [4.69, 9.17) is 11.6 Å². The summed E-state index contributed by atoms with van der Waals surface area (Å²) in [6, 6.07) is 21.7. The van der Waals surface area contributed by atoms with Crippen molar-refractivity contribution in [1.82, 2.24) is 0 Å². The summed E-state index contributed by atoms with van der Waals surface area (Å²) in [4.78, 5) is 38.5. The molecule has 0 spiro atoms. The van der Waals surface area contributed by atoms with Gasteiger partial charge in [-0.05, 0) is 47.5 Å². The van der Waals surface area contributed by atoms with Gasteiger partial charge in [-0.3, -0.25) is 19.7 Å².